The molecule has 0 aromatic heterocycles. The zero-order valence-corrected chi connectivity index (χ0v) is 9.49. The van der Waals surface area contributed by atoms with Crippen molar-refractivity contribution in [3.8, 4) is 0 Å². The molecule has 0 spiro atoms. The van der Waals surface area contributed by atoms with Gasteiger partial charge < -0.3 is 0 Å². The Bertz CT molecular complexity index is 379. The van der Waals surface area contributed by atoms with E-state index in [1.807, 2.05) is 0 Å². The van der Waals surface area contributed by atoms with E-state index in [4.69, 9.17) is 11.6 Å². The molecule has 0 amide bonds. The van der Waals surface area contributed by atoms with Crippen LogP contribution in [0.5, 0.6) is 0 Å². The van der Waals surface area contributed by atoms with Gasteiger partial charge in [0.05, 0.1) is 5.02 Å². The largest absolute Gasteiger partial charge is 0.294 e. The fourth-order valence-corrected chi connectivity index (χ4v) is 1.68. The first kappa shape index (κ1) is 11.6. The lowest BCUT2D eigenvalue weighted by molar-refractivity contribution is 0.0999. The van der Waals surface area contributed by atoms with Gasteiger partial charge >= 0.3 is 0 Å². The minimum atomic E-state index is -2.75. The average Bonchev–Trinajstić information content (AvgIpc) is 2.08. The van der Waals surface area contributed by atoms with E-state index in [1.165, 1.54) is 19.1 Å². The standard InChI is InChI=1S/C9H6BrClF2O/c1-4(14)5-2-3-6(10)8(11)7(5)9(12)13/h2-3,9H,1H3. The summed E-state index contributed by atoms with van der Waals surface area (Å²) in [6.07, 6.45) is -2.75. The van der Waals surface area contributed by atoms with Crippen LogP contribution < -0.4 is 0 Å². The van der Waals surface area contributed by atoms with Crippen LogP contribution in [0.2, 0.25) is 5.02 Å². The summed E-state index contributed by atoms with van der Waals surface area (Å²) in [6.45, 7) is 1.23. The van der Waals surface area contributed by atoms with E-state index in [0.29, 0.717) is 4.47 Å². The third-order valence-corrected chi connectivity index (χ3v) is 3.03. The lowest BCUT2D eigenvalue weighted by Gasteiger charge is -2.09. The number of alkyl halides is 2. The number of hydrogen-bond donors (Lipinski definition) is 0. The van der Waals surface area contributed by atoms with Gasteiger partial charge in [0, 0.05) is 15.6 Å². The summed E-state index contributed by atoms with van der Waals surface area (Å²) in [7, 11) is 0. The maximum atomic E-state index is 12.6. The fourth-order valence-electron chi connectivity index (χ4n) is 1.09. The highest BCUT2D eigenvalue weighted by Gasteiger charge is 2.21. The number of carbonyl (C=O) groups is 1. The highest BCUT2D eigenvalue weighted by atomic mass is 79.9. The Kier molecular flexibility index (Phi) is 3.61. The number of ketones is 1. The van der Waals surface area contributed by atoms with Crippen LogP contribution in [0, 0.1) is 0 Å². The smallest absolute Gasteiger partial charge is 0.266 e. The minimum absolute atomic E-state index is 0.0341. The lowest BCUT2D eigenvalue weighted by Crippen LogP contribution is -2.01. The summed E-state index contributed by atoms with van der Waals surface area (Å²) in [5.74, 6) is -0.422. The van der Waals surface area contributed by atoms with E-state index in [0.717, 1.165) is 0 Å². The van der Waals surface area contributed by atoms with Crippen LogP contribution in [0.1, 0.15) is 29.3 Å². The first-order chi connectivity index (χ1) is 6.45. The van der Waals surface area contributed by atoms with Crippen molar-refractivity contribution in [1.29, 1.82) is 0 Å². The molecule has 5 heteroatoms. The molecule has 0 N–H and O–H groups in total. The topological polar surface area (TPSA) is 17.1 Å². The predicted molar refractivity (Wildman–Crippen MR) is 54.1 cm³/mol. The van der Waals surface area contributed by atoms with Gasteiger partial charge in [0.1, 0.15) is 0 Å². The van der Waals surface area contributed by atoms with Crippen molar-refractivity contribution in [1.82, 2.24) is 0 Å². The van der Waals surface area contributed by atoms with Crippen LogP contribution in [-0.4, -0.2) is 5.78 Å². The third-order valence-electron chi connectivity index (χ3n) is 1.73. The Hall–Kier alpha value is -0.480. The van der Waals surface area contributed by atoms with Gasteiger partial charge in [0.25, 0.3) is 6.43 Å². The van der Waals surface area contributed by atoms with Gasteiger partial charge in [-0.25, -0.2) is 8.78 Å². The van der Waals surface area contributed by atoms with Gasteiger partial charge in [-0.3, -0.25) is 4.79 Å². The van der Waals surface area contributed by atoms with Gasteiger partial charge in [-0.2, -0.15) is 0 Å². The molecule has 0 unspecified atom stereocenters. The molecule has 0 atom stereocenters. The fraction of sp³-hybridized carbons (Fsp3) is 0.222. The number of Topliss-reactive ketones (excluding diaryl/α,β-unsaturated/α-hetero) is 1. The molecule has 0 saturated carbocycles. The molecular formula is C9H6BrClF2O. The minimum Gasteiger partial charge on any atom is -0.294 e. The molecule has 1 aromatic carbocycles. The van der Waals surface area contributed by atoms with Crippen LogP contribution in [0.15, 0.2) is 16.6 Å². The molecule has 0 fully saturated rings. The Labute approximate surface area is 93.2 Å². The van der Waals surface area contributed by atoms with Gasteiger partial charge in [-0.05, 0) is 35.0 Å². The number of hydrogen-bond acceptors (Lipinski definition) is 1. The molecule has 0 heterocycles. The molecule has 0 aliphatic rings. The van der Waals surface area contributed by atoms with E-state index < -0.39 is 17.8 Å². The summed E-state index contributed by atoms with van der Waals surface area (Å²) < 4.78 is 25.5. The van der Waals surface area contributed by atoms with E-state index >= 15 is 0 Å². The molecule has 0 saturated heterocycles. The normalized spacial score (nSPS) is 10.7. The summed E-state index contributed by atoms with van der Waals surface area (Å²) in [6, 6.07) is 2.81. The Morgan fingerprint density at radius 3 is 2.50 bits per heavy atom. The monoisotopic (exact) mass is 282 g/mol. The second-order valence-electron chi connectivity index (χ2n) is 2.68. The van der Waals surface area contributed by atoms with Gasteiger partial charge in [-0.1, -0.05) is 11.6 Å². The number of halogens is 4. The quantitative estimate of drug-likeness (QED) is 0.742. The molecule has 1 rings (SSSR count). The highest BCUT2D eigenvalue weighted by molar-refractivity contribution is 9.10. The molecule has 0 radical (unpaired) electrons. The van der Waals surface area contributed by atoms with Crippen molar-refractivity contribution in [3.63, 3.8) is 0 Å². The molecule has 76 valence electrons. The van der Waals surface area contributed by atoms with Gasteiger partial charge in [0.2, 0.25) is 0 Å². The average molecular weight is 283 g/mol. The second kappa shape index (κ2) is 4.36. The zero-order valence-electron chi connectivity index (χ0n) is 7.15. The van der Waals surface area contributed by atoms with Gasteiger partial charge in [0.15, 0.2) is 5.78 Å². The SMILES string of the molecule is CC(=O)c1ccc(Br)c(Cl)c1C(F)F. The Morgan fingerprint density at radius 1 is 1.50 bits per heavy atom. The van der Waals surface area contributed by atoms with Crippen molar-refractivity contribution in [2.45, 2.75) is 13.3 Å². The number of carbonyl (C=O) groups excluding carboxylic acids is 1. The van der Waals surface area contributed by atoms with E-state index in [2.05, 4.69) is 15.9 Å². The molecule has 14 heavy (non-hydrogen) atoms. The van der Waals surface area contributed by atoms with Gasteiger partial charge in [-0.15, -0.1) is 0 Å². The van der Waals surface area contributed by atoms with E-state index in [-0.39, 0.29) is 10.6 Å². The van der Waals surface area contributed by atoms with Crippen LogP contribution in [-0.2, 0) is 0 Å². The van der Waals surface area contributed by atoms with Crippen LogP contribution in [0.25, 0.3) is 0 Å². The third kappa shape index (κ3) is 2.12. The second-order valence-corrected chi connectivity index (χ2v) is 3.91. The van der Waals surface area contributed by atoms with Crippen molar-refractivity contribution in [2.75, 3.05) is 0 Å². The molecule has 1 nitrogen and oxygen atoms in total. The maximum Gasteiger partial charge on any atom is 0.266 e. The van der Waals surface area contributed by atoms with Crippen molar-refractivity contribution >= 4 is 33.3 Å². The zero-order chi connectivity index (χ0) is 10.9. The highest BCUT2D eigenvalue weighted by Crippen LogP contribution is 2.35. The molecule has 0 aliphatic heterocycles. The lowest BCUT2D eigenvalue weighted by atomic mass is 10.0. The van der Waals surface area contributed by atoms with E-state index in [9.17, 15) is 13.6 Å². The van der Waals surface area contributed by atoms with Crippen LogP contribution >= 0.6 is 27.5 Å². The van der Waals surface area contributed by atoms with Crippen molar-refractivity contribution in [2.24, 2.45) is 0 Å². The van der Waals surface area contributed by atoms with Crippen LogP contribution in [0.3, 0.4) is 0 Å². The molecular weight excluding hydrogens is 277 g/mol. The maximum absolute atomic E-state index is 12.6. The van der Waals surface area contributed by atoms with Crippen LogP contribution in [0.4, 0.5) is 8.78 Å². The Morgan fingerprint density at radius 2 is 2.07 bits per heavy atom. The number of rotatable bonds is 2. The first-order valence-electron chi connectivity index (χ1n) is 3.72. The molecule has 1 aromatic rings. The van der Waals surface area contributed by atoms with Crippen molar-refractivity contribution < 1.29 is 13.6 Å². The summed E-state index contributed by atoms with van der Waals surface area (Å²) >= 11 is 8.68. The molecule has 0 bridgehead atoms. The predicted octanol–water partition coefficient (Wildman–Crippen LogP) is 4.24. The Balaban J connectivity index is 3.45. The van der Waals surface area contributed by atoms with E-state index in [1.54, 1.807) is 0 Å². The summed E-state index contributed by atoms with van der Waals surface area (Å²) in [5, 5.41) is -0.104. The first-order valence-corrected chi connectivity index (χ1v) is 4.89. The number of benzene rings is 1. The van der Waals surface area contributed by atoms with Crippen molar-refractivity contribution in [3.05, 3.63) is 32.8 Å². The summed E-state index contributed by atoms with van der Waals surface area (Å²) in [4.78, 5) is 11.0. The molecule has 0 aliphatic carbocycles. The summed E-state index contributed by atoms with van der Waals surface area (Å²) in [5.41, 5.74) is -0.443.